The van der Waals surface area contributed by atoms with E-state index in [2.05, 4.69) is 15.6 Å². The average molecular weight is 324 g/mol. The molecule has 1 amide bonds. The van der Waals surface area contributed by atoms with Crippen LogP contribution in [0.4, 0.5) is 5.69 Å². The van der Waals surface area contributed by atoms with Gasteiger partial charge in [0.15, 0.2) is 0 Å². The van der Waals surface area contributed by atoms with Gasteiger partial charge in [0.25, 0.3) is 5.56 Å². The fourth-order valence-electron chi connectivity index (χ4n) is 2.30. The molecule has 0 spiro atoms. The SMILES string of the molecule is COc1cccc(NC(=O)CCn2nnc3ccccc3c2=O)c1. The molecule has 24 heavy (non-hydrogen) atoms. The van der Waals surface area contributed by atoms with E-state index in [9.17, 15) is 9.59 Å². The molecule has 1 aromatic heterocycles. The van der Waals surface area contributed by atoms with Gasteiger partial charge in [-0.25, -0.2) is 4.68 Å². The van der Waals surface area contributed by atoms with Crippen LogP contribution in [-0.4, -0.2) is 28.0 Å². The Bertz CT molecular complexity index is 936. The first-order chi connectivity index (χ1) is 11.7. The fraction of sp³-hybridized carbons (Fsp3) is 0.176. The number of carbonyl (C=O) groups is 1. The number of methoxy groups -OCH3 is 1. The molecule has 0 atom stereocenters. The molecule has 1 heterocycles. The second kappa shape index (κ2) is 6.91. The van der Waals surface area contributed by atoms with Gasteiger partial charge >= 0.3 is 0 Å². The minimum atomic E-state index is -0.255. The summed E-state index contributed by atoms with van der Waals surface area (Å²) in [5, 5.41) is 11.1. The Morgan fingerprint density at radius 1 is 1.21 bits per heavy atom. The molecule has 0 aliphatic carbocycles. The number of carbonyl (C=O) groups excluding carboxylic acids is 1. The summed E-state index contributed by atoms with van der Waals surface area (Å²) in [7, 11) is 1.56. The van der Waals surface area contributed by atoms with Crippen molar-refractivity contribution in [2.45, 2.75) is 13.0 Å². The molecule has 0 saturated heterocycles. The number of nitrogens with one attached hydrogen (secondary N) is 1. The topological polar surface area (TPSA) is 86.1 Å². The van der Waals surface area contributed by atoms with Crippen molar-refractivity contribution in [3.05, 3.63) is 58.9 Å². The third-order valence-electron chi connectivity index (χ3n) is 3.53. The summed E-state index contributed by atoms with van der Waals surface area (Å²) in [6.45, 7) is 0.159. The second-order valence-electron chi connectivity index (χ2n) is 5.17. The van der Waals surface area contributed by atoms with E-state index in [1.54, 1.807) is 55.6 Å². The number of anilines is 1. The van der Waals surface area contributed by atoms with Crippen molar-refractivity contribution in [3.8, 4) is 5.75 Å². The van der Waals surface area contributed by atoms with Gasteiger partial charge in [-0.05, 0) is 24.3 Å². The molecule has 0 aliphatic heterocycles. The quantitative estimate of drug-likeness (QED) is 0.774. The molecule has 0 bridgehead atoms. The number of benzene rings is 2. The minimum Gasteiger partial charge on any atom is -0.497 e. The molecular formula is C17H16N4O3. The molecule has 7 heteroatoms. The highest BCUT2D eigenvalue weighted by Gasteiger charge is 2.08. The number of aryl methyl sites for hydroxylation is 1. The molecule has 2 aromatic carbocycles. The minimum absolute atomic E-state index is 0.115. The van der Waals surface area contributed by atoms with Crippen LogP contribution in [0, 0.1) is 0 Å². The standard InChI is InChI=1S/C17H16N4O3/c1-24-13-6-4-5-12(11-13)18-16(22)9-10-21-17(23)14-7-2-3-8-15(14)19-20-21/h2-8,11H,9-10H2,1H3,(H,18,22). The van der Waals surface area contributed by atoms with Gasteiger partial charge in [0.1, 0.15) is 11.3 Å². The Hall–Kier alpha value is -3.22. The summed E-state index contributed by atoms with van der Waals surface area (Å²) in [5.41, 5.74) is 0.922. The van der Waals surface area contributed by atoms with Crippen molar-refractivity contribution in [3.63, 3.8) is 0 Å². The maximum atomic E-state index is 12.3. The van der Waals surface area contributed by atoms with Crippen molar-refractivity contribution in [2.75, 3.05) is 12.4 Å². The first-order valence-corrected chi connectivity index (χ1v) is 7.44. The smallest absolute Gasteiger partial charge is 0.277 e. The second-order valence-corrected chi connectivity index (χ2v) is 5.17. The highest BCUT2D eigenvalue weighted by Crippen LogP contribution is 2.16. The summed E-state index contributed by atoms with van der Waals surface area (Å²) in [4.78, 5) is 24.3. The first kappa shape index (κ1) is 15.7. The van der Waals surface area contributed by atoms with Crippen molar-refractivity contribution in [1.82, 2.24) is 15.0 Å². The average Bonchev–Trinajstić information content (AvgIpc) is 2.61. The van der Waals surface area contributed by atoms with Gasteiger partial charge in [-0.15, -0.1) is 5.10 Å². The van der Waals surface area contributed by atoms with Crippen molar-refractivity contribution in [1.29, 1.82) is 0 Å². The monoisotopic (exact) mass is 324 g/mol. The lowest BCUT2D eigenvalue weighted by Crippen LogP contribution is -2.26. The van der Waals surface area contributed by atoms with Gasteiger partial charge in [-0.1, -0.05) is 23.4 Å². The molecule has 0 unspecified atom stereocenters. The molecule has 0 radical (unpaired) electrons. The fourth-order valence-corrected chi connectivity index (χ4v) is 2.30. The van der Waals surface area contributed by atoms with E-state index in [0.29, 0.717) is 22.3 Å². The van der Waals surface area contributed by atoms with Gasteiger partial charge in [-0.3, -0.25) is 9.59 Å². The van der Waals surface area contributed by atoms with Crippen LogP contribution >= 0.6 is 0 Å². The predicted octanol–water partition coefficient (Wildman–Crippen LogP) is 1.83. The van der Waals surface area contributed by atoms with Crippen molar-refractivity contribution in [2.24, 2.45) is 0 Å². The van der Waals surface area contributed by atoms with Crippen LogP contribution in [0.1, 0.15) is 6.42 Å². The summed E-state index contributed by atoms with van der Waals surface area (Å²) in [6, 6.07) is 14.0. The Morgan fingerprint density at radius 3 is 2.88 bits per heavy atom. The van der Waals surface area contributed by atoms with E-state index < -0.39 is 0 Å². The molecule has 3 aromatic rings. The summed E-state index contributed by atoms with van der Waals surface area (Å²) in [6.07, 6.45) is 0.115. The van der Waals surface area contributed by atoms with Crippen molar-refractivity contribution >= 4 is 22.5 Å². The highest BCUT2D eigenvalue weighted by atomic mass is 16.5. The Labute approximate surface area is 137 Å². The maximum Gasteiger partial charge on any atom is 0.277 e. The molecule has 1 N–H and O–H groups in total. The molecule has 0 aliphatic rings. The van der Waals surface area contributed by atoms with E-state index in [1.165, 1.54) is 4.68 Å². The van der Waals surface area contributed by atoms with Gasteiger partial charge in [-0.2, -0.15) is 0 Å². The number of hydrogen-bond donors (Lipinski definition) is 1. The zero-order valence-electron chi connectivity index (χ0n) is 13.1. The molecule has 0 fully saturated rings. The Balaban J connectivity index is 1.68. The normalized spacial score (nSPS) is 10.5. The molecule has 3 rings (SSSR count). The third-order valence-corrected chi connectivity index (χ3v) is 3.53. The lowest BCUT2D eigenvalue weighted by Gasteiger charge is -2.08. The van der Waals surface area contributed by atoms with E-state index in [4.69, 9.17) is 4.74 Å². The van der Waals surface area contributed by atoms with Crippen LogP contribution in [-0.2, 0) is 11.3 Å². The molecule has 122 valence electrons. The molecular weight excluding hydrogens is 308 g/mol. The summed E-state index contributed by atoms with van der Waals surface area (Å²) in [5.74, 6) is 0.439. The number of nitrogens with zero attached hydrogens (tertiary/aromatic N) is 3. The number of aromatic nitrogens is 3. The van der Waals surface area contributed by atoms with Crippen molar-refractivity contribution < 1.29 is 9.53 Å². The maximum absolute atomic E-state index is 12.3. The number of rotatable bonds is 5. The lowest BCUT2D eigenvalue weighted by molar-refractivity contribution is -0.116. The summed E-state index contributed by atoms with van der Waals surface area (Å²) < 4.78 is 6.31. The van der Waals surface area contributed by atoms with E-state index in [-0.39, 0.29) is 24.4 Å². The number of amides is 1. The Kier molecular flexibility index (Phi) is 4.51. The molecule has 0 saturated carbocycles. The van der Waals surface area contributed by atoms with E-state index in [0.717, 1.165) is 0 Å². The van der Waals surface area contributed by atoms with Gasteiger partial charge in [0.2, 0.25) is 5.91 Å². The predicted molar refractivity (Wildman–Crippen MR) is 90.0 cm³/mol. The van der Waals surface area contributed by atoms with Crippen LogP contribution in [0.2, 0.25) is 0 Å². The largest absolute Gasteiger partial charge is 0.497 e. The van der Waals surface area contributed by atoms with E-state index >= 15 is 0 Å². The zero-order chi connectivity index (χ0) is 16.9. The lowest BCUT2D eigenvalue weighted by atomic mass is 10.2. The number of hydrogen-bond acceptors (Lipinski definition) is 5. The number of ether oxygens (including phenoxy) is 1. The van der Waals surface area contributed by atoms with Gasteiger partial charge in [0.05, 0.1) is 19.0 Å². The van der Waals surface area contributed by atoms with Crippen LogP contribution in [0.15, 0.2) is 53.3 Å². The van der Waals surface area contributed by atoms with Crippen LogP contribution in [0.5, 0.6) is 5.75 Å². The van der Waals surface area contributed by atoms with E-state index in [1.807, 2.05) is 0 Å². The van der Waals surface area contributed by atoms with Gasteiger partial charge in [0, 0.05) is 18.2 Å². The number of fused-ring (bicyclic) bond motifs is 1. The van der Waals surface area contributed by atoms with Gasteiger partial charge < -0.3 is 10.1 Å². The zero-order valence-corrected chi connectivity index (χ0v) is 13.1. The third kappa shape index (κ3) is 3.40. The van der Waals surface area contributed by atoms with Crippen LogP contribution in [0.3, 0.4) is 0 Å². The van der Waals surface area contributed by atoms with Crippen LogP contribution in [0.25, 0.3) is 10.9 Å². The highest BCUT2D eigenvalue weighted by molar-refractivity contribution is 5.90. The summed E-state index contributed by atoms with van der Waals surface area (Å²) >= 11 is 0. The Morgan fingerprint density at radius 2 is 2.04 bits per heavy atom. The molecule has 7 nitrogen and oxygen atoms in total. The first-order valence-electron chi connectivity index (χ1n) is 7.44. The van der Waals surface area contributed by atoms with Crippen LogP contribution < -0.4 is 15.6 Å².